The molecule has 2 heterocycles. The molecule has 1 N–H and O–H groups in total. The highest BCUT2D eigenvalue weighted by atomic mass is 19.4. The summed E-state index contributed by atoms with van der Waals surface area (Å²) in [6.45, 7) is 2.42. The van der Waals surface area contributed by atoms with Gasteiger partial charge in [0.15, 0.2) is 5.69 Å². The molecular weight excluding hydrogens is 473 g/mol. The molecule has 2 aromatic carbocycles. The van der Waals surface area contributed by atoms with Gasteiger partial charge in [-0.1, -0.05) is 42.0 Å². The second kappa shape index (κ2) is 10.9. The lowest BCUT2D eigenvalue weighted by Crippen LogP contribution is -2.26. The highest BCUT2D eigenvalue weighted by molar-refractivity contribution is 5.95. The molecule has 2 aromatic heterocycles. The summed E-state index contributed by atoms with van der Waals surface area (Å²) >= 11 is 0. The number of carbonyl (C=O) groups is 1. The van der Waals surface area contributed by atoms with Gasteiger partial charge in [0.25, 0.3) is 5.91 Å². The van der Waals surface area contributed by atoms with E-state index in [0.29, 0.717) is 18.1 Å². The fraction of sp³-hybridized carbons (Fsp3) is 0.192. The number of rotatable bonds is 9. The third kappa shape index (κ3) is 6.21. The van der Waals surface area contributed by atoms with Crippen molar-refractivity contribution in [1.29, 1.82) is 0 Å². The maximum atomic E-state index is 13.8. The van der Waals surface area contributed by atoms with E-state index in [0.717, 1.165) is 22.2 Å². The van der Waals surface area contributed by atoms with Crippen LogP contribution in [0.4, 0.5) is 13.2 Å². The Morgan fingerprint density at radius 2 is 1.67 bits per heavy atom. The highest BCUT2D eigenvalue weighted by Gasteiger charge is 2.40. The van der Waals surface area contributed by atoms with Gasteiger partial charge in [0.05, 0.1) is 17.4 Å². The first-order valence-corrected chi connectivity index (χ1v) is 11.1. The van der Waals surface area contributed by atoms with Crippen LogP contribution in [0.3, 0.4) is 0 Å². The molecule has 0 unspecified atom stereocenters. The number of pyridine rings is 1. The van der Waals surface area contributed by atoms with Gasteiger partial charge < -0.3 is 14.8 Å². The van der Waals surface area contributed by atoms with Crippen LogP contribution in [-0.2, 0) is 12.7 Å². The van der Waals surface area contributed by atoms with E-state index in [2.05, 4.69) is 15.4 Å². The number of aryl methyl sites for hydroxylation is 1. The average molecular weight is 496 g/mol. The van der Waals surface area contributed by atoms with Gasteiger partial charge in [0, 0.05) is 18.8 Å². The molecule has 7 nitrogen and oxygen atoms in total. The number of para-hydroxylation sites is 1. The van der Waals surface area contributed by atoms with Gasteiger partial charge in [0.2, 0.25) is 5.88 Å². The lowest BCUT2D eigenvalue weighted by molar-refractivity contribution is -0.143. The second-order valence-electron chi connectivity index (χ2n) is 7.85. The van der Waals surface area contributed by atoms with E-state index in [1.54, 1.807) is 24.3 Å². The van der Waals surface area contributed by atoms with Crippen LogP contribution in [0.25, 0.3) is 5.69 Å². The molecule has 4 aromatic rings. The average Bonchev–Trinajstić information content (AvgIpc) is 3.33. The van der Waals surface area contributed by atoms with Gasteiger partial charge in [-0.25, -0.2) is 9.67 Å². The Morgan fingerprint density at radius 3 is 2.33 bits per heavy atom. The Bertz CT molecular complexity index is 1290. The monoisotopic (exact) mass is 496 g/mol. The summed E-state index contributed by atoms with van der Waals surface area (Å²) in [4.78, 5) is 16.8. The topological polar surface area (TPSA) is 78.3 Å². The summed E-state index contributed by atoms with van der Waals surface area (Å²) in [5.41, 5.74) is -0.00233. The van der Waals surface area contributed by atoms with Crippen molar-refractivity contribution in [1.82, 2.24) is 20.1 Å². The number of nitrogens with zero attached hydrogens (tertiary/aromatic N) is 3. The second-order valence-corrected chi connectivity index (χ2v) is 7.85. The number of carbonyl (C=O) groups excluding carboxylic acids is 1. The predicted molar refractivity (Wildman–Crippen MR) is 126 cm³/mol. The van der Waals surface area contributed by atoms with E-state index in [-0.39, 0.29) is 18.8 Å². The van der Waals surface area contributed by atoms with E-state index in [1.807, 2.05) is 37.3 Å². The zero-order valence-corrected chi connectivity index (χ0v) is 19.3. The van der Waals surface area contributed by atoms with Crippen molar-refractivity contribution in [3.05, 3.63) is 102 Å². The first-order chi connectivity index (χ1) is 17.3. The Balaban J connectivity index is 1.34. The minimum absolute atomic E-state index is 0.0176. The minimum Gasteiger partial charge on any atom is -0.490 e. The number of halogens is 3. The van der Waals surface area contributed by atoms with Crippen molar-refractivity contribution in [3.63, 3.8) is 0 Å². The smallest absolute Gasteiger partial charge is 0.434 e. The van der Waals surface area contributed by atoms with E-state index < -0.39 is 23.3 Å². The number of hydrogen-bond donors (Lipinski definition) is 1. The van der Waals surface area contributed by atoms with E-state index in [1.165, 1.54) is 18.3 Å². The zero-order valence-electron chi connectivity index (χ0n) is 19.3. The first-order valence-electron chi connectivity index (χ1n) is 11.1. The van der Waals surface area contributed by atoms with Crippen molar-refractivity contribution < 1.29 is 27.4 Å². The van der Waals surface area contributed by atoms with Crippen LogP contribution < -0.4 is 14.8 Å². The number of hydrogen-bond acceptors (Lipinski definition) is 5. The summed E-state index contributed by atoms with van der Waals surface area (Å²) in [6, 6.07) is 19.0. The summed E-state index contributed by atoms with van der Waals surface area (Å²) < 4.78 is 53.3. The summed E-state index contributed by atoms with van der Waals surface area (Å²) in [7, 11) is 0. The minimum atomic E-state index is -4.78. The number of amides is 1. The van der Waals surface area contributed by atoms with Crippen LogP contribution in [0.2, 0.25) is 0 Å². The molecular formula is C26H23F3N4O3. The fourth-order valence-electron chi connectivity index (χ4n) is 3.37. The summed E-state index contributed by atoms with van der Waals surface area (Å²) in [6.07, 6.45) is -2.38. The van der Waals surface area contributed by atoms with Gasteiger partial charge in [0.1, 0.15) is 19.0 Å². The first kappa shape index (κ1) is 24.8. The van der Waals surface area contributed by atoms with Gasteiger partial charge in [-0.05, 0) is 36.8 Å². The van der Waals surface area contributed by atoms with Crippen molar-refractivity contribution >= 4 is 5.91 Å². The molecule has 0 bridgehead atoms. The van der Waals surface area contributed by atoms with Crippen molar-refractivity contribution in [2.24, 2.45) is 0 Å². The Kier molecular flexibility index (Phi) is 7.53. The van der Waals surface area contributed by atoms with Crippen molar-refractivity contribution in [3.8, 4) is 17.3 Å². The fourth-order valence-corrected chi connectivity index (χ4v) is 3.37. The molecule has 0 atom stereocenters. The zero-order chi connectivity index (χ0) is 25.5. The standard InChI is InChI=1S/C26H23F3N4O3/c1-18-7-10-20(11-8-18)33-24(26(27,28)29)22(17-32-33)25(34)31-16-19-9-12-23(30-15-19)36-14-13-35-21-5-3-2-4-6-21/h2-12,15,17H,13-14,16H2,1H3,(H,31,34). The molecule has 186 valence electrons. The van der Waals surface area contributed by atoms with E-state index >= 15 is 0 Å². The van der Waals surface area contributed by atoms with E-state index in [4.69, 9.17) is 9.47 Å². The van der Waals surface area contributed by atoms with Crippen LogP contribution in [-0.4, -0.2) is 33.9 Å². The highest BCUT2D eigenvalue weighted by Crippen LogP contribution is 2.33. The van der Waals surface area contributed by atoms with Gasteiger partial charge >= 0.3 is 6.18 Å². The summed E-state index contributed by atoms with van der Waals surface area (Å²) in [5.74, 6) is 0.206. The number of benzene rings is 2. The molecule has 1 amide bonds. The molecule has 0 aliphatic carbocycles. The molecule has 0 spiro atoms. The maximum Gasteiger partial charge on any atom is 0.434 e. The third-order valence-electron chi connectivity index (χ3n) is 5.16. The van der Waals surface area contributed by atoms with Crippen molar-refractivity contribution in [2.75, 3.05) is 13.2 Å². The largest absolute Gasteiger partial charge is 0.490 e. The lowest BCUT2D eigenvalue weighted by atomic mass is 10.2. The lowest BCUT2D eigenvalue weighted by Gasteiger charge is -2.13. The summed E-state index contributed by atoms with van der Waals surface area (Å²) in [5, 5.41) is 6.32. The quantitative estimate of drug-likeness (QED) is 0.331. The molecule has 0 radical (unpaired) electrons. The number of ether oxygens (including phenoxy) is 2. The molecule has 0 saturated heterocycles. The van der Waals surface area contributed by atoms with Crippen LogP contribution in [0.5, 0.6) is 11.6 Å². The predicted octanol–water partition coefficient (Wildman–Crippen LogP) is 4.98. The Labute approximate surface area is 205 Å². The Morgan fingerprint density at radius 1 is 0.944 bits per heavy atom. The van der Waals surface area contributed by atoms with Crippen LogP contribution in [0, 0.1) is 6.92 Å². The molecule has 36 heavy (non-hydrogen) atoms. The van der Waals surface area contributed by atoms with E-state index in [9.17, 15) is 18.0 Å². The molecule has 0 aliphatic rings. The van der Waals surface area contributed by atoms with Crippen LogP contribution >= 0.6 is 0 Å². The van der Waals surface area contributed by atoms with Crippen molar-refractivity contribution in [2.45, 2.75) is 19.6 Å². The number of nitrogens with one attached hydrogen (secondary N) is 1. The van der Waals surface area contributed by atoms with Crippen LogP contribution in [0.15, 0.2) is 79.1 Å². The molecule has 0 aliphatic heterocycles. The van der Waals surface area contributed by atoms with Gasteiger partial charge in [-0.2, -0.15) is 18.3 Å². The Hall–Kier alpha value is -4.34. The molecule has 0 fully saturated rings. The van der Waals surface area contributed by atoms with Crippen LogP contribution in [0.1, 0.15) is 27.2 Å². The van der Waals surface area contributed by atoms with Gasteiger partial charge in [-0.15, -0.1) is 0 Å². The SMILES string of the molecule is Cc1ccc(-n2ncc(C(=O)NCc3ccc(OCCOc4ccccc4)nc3)c2C(F)(F)F)cc1. The third-order valence-corrected chi connectivity index (χ3v) is 5.16. The van der Waals surface area contributed by atoms with Gasteiger partial charge in [-0.3, -0.25) is 4.79 Å². The molecule has 10 heteroatoms. The number of alkyl halides is 3. The maximum absolute atomic E-state index is 13.8. The normalized spacial score (nSPS) is 11.2. The number of aromatic nitrogens is 3. The molecule has 4 rings (SSSR count). The molecule has 0 saturated carbocycles.